The average molecular weight is 236 g/mol. The molecule has 0 radical (unpaired) electrons. The molecule has 2 N–H and O–H groups in total. The molecule has 2 aliphatic heterocycles. The summed E-state index contributed by atoms with van der Waals surface area (Å²) in [7, 11) is 2.03. The van der Waals surface area contributed by atoms with Gasteiger partial charge in [-0.2, -0.15) is 0 Å². The van der Waals surface area contributed by atoms with E-state index < -0.39 is 0 Å². The summed E-state index contributed by atoms with van der Waals surface area (Å²) in [5, 5.41) is 0. The zero-order valence-corrected chi connectivity index (χ0v) is 10.2. The smallest absolute Gasteiger partial charge is 0.0946 e. The summed E-state index contributed by atoms with van der Waals surface area (Å²) in [6.07, 6.45) is 6.99. The molecule has 0 amide bonds. The fourth-order valence-corrected chi connectivity index (χ4v) is 3.05. The average Bonchev–Trinajstić information content (AvgIpc) is 2.88. The first-order valence-electron chi connectivity index (χ1n) is 6.33. The van der Waals surface area contributed by atoms with Crippen molar-refractivity contribution in [1.29, 1.82) is 0 Å². The van der Waals surface area contributed by atoms with Gasteiger partial charge in [0.25, 0.3) is 0 Å². The lowest BCUT2D eigenvalue weighted by Gasteiger charge is -2.37. The topological polar surface area (TPSA) is 56.3 Å². The van der Waals surface area contributed by atoms with Crippen molar-refractivity contribution in [2.45, 2.75) is 31.1 Å². The van der Waals surface area contributed by atoms with E-state index in [9.17, 15) is 0 Å². The number of aryl methyl sites for hydroxylation is 1. The van der Waals surface area contributed by atoms with Gasteiger partial charge in [0.2, 0.25) is 0 Å². The van der Waals surface area contributed by atoms with Crippen LogP contribution in [0.1, 0.15) is 24.6 Å². The molecule has 2 aliphatic rings. The minimum atomic E-state index is 0.273. The molecule has 3 unspecified atom stereocenters. The molecule has 0 saturated carbocycles. The maximum Gasteiger partial charge on any atom is 0.0946 e. The van der Waals surface area contributed by atoms with Gasteiger partial charge in [0.1, 0.15) is 0 Å². The van der Waals surface area contributed by atoms with Gasteiger partial charge in [-0.25, -0.2) is 4.98 Å². The van der Waals surface area contributed by atoms with Gasteiger partial charge < -0.3 is 15.0 Å². The summed E-state index contributed by atoms with van der Waals surface area (Å²) in [6.45, 7) is 2.64. The summed E-state index contributed by atoms with van der Waals surface area (Å²) in [5.41, 5.74) is 7.15. The lowest BCUT2D eigenvalue weighted by Crippen LogP contribution is -2.46. The molecule has 3 heterocycles. The van der Waals surface area contributed by atoms with E-state index in [1.165, 1.54) is 18.5 Å². The highest BCUT2D eigenvalue weighted by Crippen LogP contribution is 2.31. The van der Waals surface area contributed by atoms with E-state index in [0.29, 0.717) is 18.8 Å². The molecular weight excluding hydrogens is 216 g/mol. The third-order valence-electron chi connectivity index (χ3n) is 3.93. The summed E-state index contributed by atoms with van der Waals surface area (Å²) in [4.78, 5) is 6.65. The van der Waals surface area contributed by atoms with Crippen LogP contribution in [0, 0.1) is 0 Å². The highest BCUT2D eigenvalue weighted by molar-refractivity contribution is 5.07. The largest absolute Gasteiger partial charge is 0.372 e. The number of rotatable bonds is 3. The first-order chi connectivity index (χ1) is 8.28. The maximum atomic E-state index is 5.95. The van der Waals surface area contributed by atoms with Crippen LogP contribution in [-0.2, 0) is 11.8 Å². The Morgan fingerprint density at radius 3 is 2.71 bits per heavy atom. The maximum absolute atomic E-state index is 5.95. The molecule has 0 aliphatic carbocycles. The van der Waals surface area contributed by atoms with Crippen LogP contribution in [0.4, 0.5) is 0 Å². The molecule has 5 heteroatoms. The van der Waals surface area contributed by atoms with Crippen molar-refractivity contribution in [1.82, 2.24) is 14.5 Å². The summed E-state index contributed by atoms with van der Waals surface area (Å²) in [6, 6.07) is 0.273. The fourth-order valence-electron chi connectivity index (χ4n) is 3.05. The van der Waals surface area contributed by atoms with Crippen LogP contribution in [0.5, 0.6) is 0 Å². The predicted molar refractivity (Wildman–Crippen MR) is 64.5 cm³/mol. The van der Waals surface area contributed by atoms with Crippen molar-refractivity contribution in [2.75, 3.05) is 19.6 Å². The van der Waals surface area contributed by atoms with Gasteiger partial charge in [0.05, 0.1) is 30.3 Å². The molecular formula is C12H20N4O. The highest BCUT2D eigenvalue weighted by Gasteiger charge is 2.37. The quantitative estimate of drug-likeness (QED) is 0.819. The summed E-state index contributed by atoms with van der Waals surface area (Å²) >= 11 is 0. The van der Waals surface area contributed by atoms with Crippen molar-refractivity contribution in [2.24, 2.45) is 12.8 Å². The Kier molecular flexibility index (Phi) is 2.90. The highest BCUT2D eigenvalue weighted by atomic mass is 16.5. The Morgan fingerprint density at radius 2 is 2.18 bits per heavy atom. The zero-order chi connectivity index (χ0) is 11.8. The van der Waals surface area contributed by atoms with Gasteiger partial charge in [0, 0.05) is 32.9 Å². The van der Waals surface area contributed by atoms with E-state index in [0.717, 1.165) is 13.1 Å². The monoisotopic (exact) mass is 236 g/mol. The third-order valence-corrected chi connectivity index (χ3v) is 3.93. The zero-order valence-electron chi connectivity index (χ0n) is 10.2. The van der Waals surface area contributed by atoms with Gasteiger partial charge in [0.15, 0.2) is 0 Å². The standard InChI is InChI=1S/C12H20N4O/c1-15-8-14-5-12(15)11(4-13)16-6-9-2-3-10(7-16)17-9/h5,8-11H,2-4,6-7,13H2,1H3. The Balaban J connectivity index is 1.79. The van der Waals surface area contributed by atoms with Crippen LogP contribution >= 0.6 is 0 Å². The second kappa shape index (κ2) is 4.40. The Labute approximate surface area is 102 Å². The van der Waals surface area contributed by atoms with E-state index >= 15 is 0 Å². The van der Waals surface area contributed by atoms with Crippen LogP contribution in [0.25, 0.3) is 0 Å². The molecule has 17 heavy (non-hydrogen) atoms. The predicted octanol–water partition coefficient (Wildman–Crippen LogP) is 0.283. The number of fused-ring (bicyclic) bond motifs is 2. The lowest BCUT2D eigenvalue weighted by molar-refractivity contribution is -0.0529. The van der Waals surface area contributed by atoms with E-state index in [2.05, 4.69) is 14.5 Å². The lowest BCUT2D eigenvalue weighted by atomic mass is 10.1. The number of nitrogens with zero attached hydrogens (tertiary/aromatic N) is 3. The number of hydrogen-bond acceptors (Lipinski definition) is 4. The second-order valence-electron chi connectivity index (χ2n) is 5.09. The Bertz CT molecular complexity index is 380. The number of likely N-dealkylation sites (tertiary alicyclic amines) is 1. The van der Waals surface area contributed by atoms with Crippen LogP contribution in [0.15, 0.2) is 12.5 Å². The molecule has 2 bridgehead atoms. The third kappa shape index (κ3) is 1.99. The van der Waals surface area contributed by atoms with Gasteiger partial charge in [-0.05, 0) is 12.8 Å². The number of ether oxygens (including phenoxy) is 1. The minimum absolute atomic E-state index is 0.273. The van der Waals surface area contributed by atoms with Crippen molar-refractivity contribution in [3.8, 4) is 0 Å². The molecule has 3 rings (SSSR count). The van der Waals surface area contributed by atoms with E-state index in [1.807, 2.05) is 19.6 Å². The molecule has 2 fully saturated rings. The van der Waals surface area contributed by atoms with Crippen LogP contribution in [0.3, 0.4) is 0 Å². The van der Waals surface area contributed by atoms with Crippen molar-refractivity contribution >= 4 is 0 Å². The molecule has 94 valence electrons. The van der Waals surface area contributed by atoms with Crippen molar-refractivity contribution in [3.05, 3.63) is 18.2 Å². The van der Waals surface area contributed by atoms with Crippen LogP contribution in [0.2, 0.25) is 0 Å². The van der Waals surface area contributed by atoms with Crippen molar-refractivity contribution < 1.29 is 4.74 Å². The van der Waals surface area contributed by atoms with E-state index in [-0.39, 0.29) is 6.04 Å². The molecule has 2 saturated heterocycles. The number of aromatic nitrogens is 2. The van der Waals surface area contributed by atoms with Gasteiger partial charge in [-0.3, -0.25) is 4.90 Å². The summed E-state index contributed by atoms with van der Waals surface area (Å²) in [5.74, 6) is 0. The second-order valence-corrected chi connectivity index (χ2v) is 5.09. The van der Waals surface area contributed by atoms with Crippen molar-refractivity contribution in [3.63, 3.8) is 0 Å². The van der Waals surface area contributed by atoms with Crippen LogP contribution < -0.4 is 5.73 Å². The Hall–Kier alpha value is -0.910. The summed E-state index contributed by atoms with van der Waals surface area (Å²) < 4.78 is 7.93. The first-order valence-corrected chi connectivity index (χ1v) is 6.33. The minimum Gasteiger partial charge on any atom is -0.372 e. The van der Waals surface area contributed by atoms with E-state index in [4.69, 9.17) is 10.5 Å². The van der Waals surface area contributed by atoms with E-state index in [1.54, 1.807) is 0 Å². The molecule has 0 aromatic carbocycles. The SMILES string of the molecule is Cn1cncc1C(CN)N1CC2CCC(C1)O2. The number of imidazole rings is 1. The normalized spacial score (nSPS) is 30.7. The number of hydrogen-bond donors (Lipinski definition) is 1. The first kappa shape index (κ1) is 11.2. The van der Waals surface area contributed by atoms with Gasteiger partial charge >= 0.3 is 0 Å². The van der Waals surface area contributed by atoms with Gasteiger partial charge in [-0.15, -0.1) is 0 Å². The molecule has 3 atom stereocenters. The number of morpholine rings is 1. The Morgan fingerprint density at radius 1 is 1.47 bits per heavy atom. The number of nitrogens with two attached hydrogens (primary N) is 1. The molecule has 0 spiro atoms. The van der Waals surface area contributed by atoms with Crippen LogP contribution in [-0.4, -0.2) is 46.3 Å². The molecule has 5 nitrogen and oxygen atoms in total. The van der Waals surface area contributed by atoms with Gasteiger partial charge in [-0.1, -0.05) is 0 Å². The molecule has 1 aromatic rings. The fraction of sp³-hybridized carbons (Fsp3) is 0.750. The molecule has 1 aromatic heterocycles.